The average Bonchev–Trinajstić information content (AvgIpc) is 3.31. The Labute approximate surface area is 153 Å². The molecule has 0 fully saturated rings. The summed E-state index contributed by atoms with van der Waals surface area (Å²) in [5, 5.41) is 17.4. The standard InChI is InChI=1S/C20H14FN3O3/c21-13-7-5-12(6-8-13)9-18-19(14-3-1-2-4-17(14)27-18)15(25)10-16(26)20-22-11-23-24-20/h1-8,10-11,25H,9H2,(H,22,23,24). The molecular weight excluding hydrogens is 349 g/mol. The maximum Gasteiger partial charge on any atom is 0.226 e. The first kappa shape index (κ1) is 16.7. The van der Waals surface area contributed by atoms with E-state index in [1.165, 1.54) is 18.5 Å². The maximum atomic E-state index is 13.2. The number of H-pyrrole nitrogens is 1. The number of benzene rings is 2. The molecular formula is C20H14FN3O3. The van der Waals surface area contributed by atoms with Crippen molar-refractivity contribution in [2.24, 2.45) is 0 Å². The zero-order valence-electron chi connectivity index (χ0n) is 14.0. The third-order valence-corrected chi connectivity index (χ3v) is 4.12. The van der Waals surface area contributed by atoms with Gasteiger partial charge in [0.2, 0.25) is 5.78 Å². The molecule has 0 saturated heterocycles. The second-order valence-electron chi connectivity index (χ2n) is 5.93. The zero-order valence-corrected chi connectivity index (χ0v) is 14.0. The summed E-state index contributed by atoms with van der Waals surface area (Å²) in [5.74, 6) is -0.582. The van der Waals surface area contributed by atoms with Crippen LogP contribution in [0.3, 0.4) is 0 Å². The summed E-state index contributed by atoms with van der Waals surface area (Å²) >= 11 is 0. The molecule has 2 heterocycles. The lowest BCUT2D eigenvalue weighted by molar-refractivity contribution is 0.103. The fourth-order valence-electron chi connectivity index (χ4n) is 2.88. The summed E-state index contributed by atoms with van der Waals surface area (Å²) in [4.78, 5) is 16.0. The van der Waals surface area contributed by atoms with E-state index in [-0.39, 0.29) is 17.4 Å². The number of nitrogens with one attached hydrogen (secondary N) is 1. The molecule has 4 rings (SSSR count). The zero-order chi connectivity index (χ0) is 18.8. The SMILES string of the molecule is O=C(C=C(O)c1c(Cc2ccc(F)cc2)oc2ccccc12)c1ncn[nH]1. The van der Waals surface area contributed by atoms with Crippen LogP contribution in [0.5, 0.6) is 0 Å². The number of ketones is 1. The van der Waals surface area contributed by atoms with Gasteiger partial charge in [0.05, 0.1) is 5.56 Å². The van der Waals surface area contributed by atoms with Gasteiger partial charge in [-0.25, -0.2) is 9.37 Å². The summed E-state index contributed by atoms with van der Waals surface area (Å²) in [6, 6.07) is 13.2. The Morgan fingerprint density at radius 3 is 2.70 bits per heavy atom. The van der Waals surface area contributed by atoms with Crippen LogP contribution in [-0.2, 0) is 6.42 Å². The number of rotatable bonds is 5. The number of furan rings is 1. The minimum Gasteiger partial charge on any atom is -0.507 e. The van der Waals surface area contributed by atoms with E-state index in [0.717, 1.165) is 11.6 Å². The second-order valence-corrected chi connectivity index (χ2v) is 5.93. The van der Waals surface area contributed by atoms with Gasteiger partial charge >= 0.3 is 0 Å². The minimum absolute atomic E-state index is 0.0226. The van der Waals surface area contributed by atoms with Crippen molar-refractivity contribution < 1.29 is 18.7 Å². The summed E-state index contributed by atoms with van der Waals surface area (Å²) in [5.41, 5.74) is 1.81. The number of aromatic nitrogens is 3. The van der Waals surface area contributed by atoms with Gasteiger partial charge < -0.3 is 9.52 Å². The van der Waals surface area contributed by atoms with Gasteiger partial charge in [-0.05, 0) is 23.8 Å². The molecule has 0 radical (unpaired) electrons. The van der Waals surface area contributed by atoms with Crippen molar-refractivity contribution in [3.05, 3.63) is 89.5 Å². The number of aromatic amines is 1. The van der Waals surface area contributed by atoms with Crippen molar-refractivity contribution in [2.45, 2.75) is 6.42 Å². The summed E-state index contributed by atoms with van der Waals surface area (Å²) in [6.45, 7) is 0. The Bertz CT molecular complexity index is 1130. The lowest BCUT2D eigenvalue weighted by atomic mass is 10.0. The normalized spacial score (nSPS) is 11.8. The van der Waals surface area contributed by atoms with E-state index in [4.69, 9.17) is 4.42 Å². The topological polar surface area (TPSA) is 92.0 Å². The lowest BCUT2D eigenvalue weighted by Crippen LogP contribution is -2.00. The van der Waals surface area contributed by atoms with Crippen LogP contribution < -0.4 is 0 Å². The molecule has 4 aromatic rings. The molecule has 2 N–H and O–H groups in total. The van der Waals surface area contributed by atoms with Crippen LogP contribution in [0.1, 0.15) is 27.5 Å². The largest absolute Gasteiger partial charge is 0.507 e. The van der Waals surface area contributed by atoms with Gasteiger partial charge in [-0.3, -0.25) is 9.89 Å². The number of allylic oxidation sites excluding steroid dienone is 1. The van der Waals surface area contributed by atoms with Gasteiger partial charge in [0, 0.05) is 17.9 Å². The van der Waals surface area contributed by atoms with E-state index in [0.29, 0.717) is 28.7 Å². The first-order valence-corrected chi connectivity index (χ1v) is 8.17. The van der Waals surface area contributed by atoms with E-state index in [1.807, 2.05) is 12.1 Å². The number of fused-ring (bicyclic) bond motifs is 1. The number of hydrogen-bond donors (Lipinski definition) is 2. The molecule has 0 bridgehead atoms. The molecule has 6 nitrogen and oxygen atoms in total. The van der Waals surface area contributed by atoms with Crippen LogP contribution in [0, 0.1) is 5.82 Å². The second kappa shape index (κ2) is 6.87. The van der Waals surface area contributed by atoms with Crippen molar-refractivity contribution in [3.8, 4) is 0 Å². The smallest absolute Gasteiger partial charge is 0.226 e. The molecule has 0 saturated carbocycles. The van der Waals surface area contributed by atoms with Gasteiger partial charge in [0.1, 0.15) is 29.2 Å². The Balaban J connectivity index is 1.78. The Morgan fingerprint density at radius 1 is 1.19 bits per heavy atom. The number of hydrogen-bond acceptors (Lipinski definition) is 5. The highest BCUT2D eigenvalue weighted by Crippen LogP contribution is 2.32. The highest BCUT2D eigenvalue weighted by molar-refractivity contribution is 6.07. The molecule has 2 aromatic heterocycles. The lowest BCUT2D eigenvalue weighted by Gasteiger charge is -2.03. The quantitative estimate of drug-likeness (QED) is 0.317. The van der Waals surface area contributed by atoms with Crippen molar-refractivity contribution in [2.75, 3.05) is 0 Å². The molecule has 7 heteroatoms. The van der Waals surface area contributed by atoms with Gasteiger partial charge in [0.15, 0.2) is 5.82 Å². The summed E-state index contributed by atoms with van der Waals surface area (Å²) in [6.07, 6.45) is 2.62. The molecule has 0 spiro atoms. The Kier molecular flexibility index (Phi) is 4.25. The molecule has 0 aliphatic rings. The Morgan fingerprint density at radius 2 is 1.96 bits per heavy atom. The highest BCUT2D eigenvalue weighted by atomic mass is 19.1. The molecule has 0 aliphatic heterocycles. The Hall–Kier alpha value is -3.74. The van der Waals surface area contributed by atoms with Gasteiger partial charge in [-0.1, -0.05) is 30.3 Å². The van der Waals surface area contributed by atoms with Crippen molar-refractivity contribution >= 4 is 22.5 Å². The molecule has 0 unspecified atom stereocenters. The van der Waals surface area contributed by atoms with E-state index in [1.54, 1.807) is 24.3 Å². The van der Waals surface area contributed by atoms with Gasteiger partial charge in [-0.15, -0.1) is 0 Å². The van der Waals surface area contributed by atoms with Crippen LogP contribution in [0.15, 0.2) is 65.4 Å². The van der Waals surface area contributed by atoms with Crippen LogP contribution in [0.4, 0.5) is 4.39 Å². The maximum absolute atomic E-state index is 13.2. The number of carbonyl (C=O) groups excluding carboxylic acids is 1. The summed E-state index contributed by atoms with van der Waals surface area (Å²) < 4.78 is 19.0. The van der Waals surface area contributed by atoms with E-state index >= 15 is 0 Å². The predicted octanol–water partition coefficient (Wildman–Crippen LogP) is 4.06. The number of nitrogens with zero attached hydrogens (tertiary/aromatic N) is 2. The molecule has 27 heavy (non-hydrogen) atoms. The molecule has 0 aliphatic carbocycles. The fraction of sp³-hybridized carbons (Fsp3) is 0.0500. The molecule has 134 valence electrons. The van der Waals surface area contributed by atoms with Crippen molar-refractivity contribution in [1.82, 2.24) is 15.2 Å². The van der Waals surface area contributed by atoms with Gasteiger partial charge in [-0.2, -0.15) is 5.10 Å². The van der Waals surface area contributed by atoms with Crippen molar-refractivity contribution in [3.63, 3.8) is 0 Å². The first-order valence-electron chi connectivity index (χ1n) is 8.17. The third-order valence-electron chi connectivity index (χ3n) is 4.12. The monoisotopic (exact) mass is 363 g/mol. The van der Waals surface area contributed by atoms with E-state index in [2.05, 4.69) is 15.2 Å². The number of aliphatic hydroxyl groups is 1. The van der Waals surface area contributed by atoms with E-state index < -0.39 is 5.78 Å². The number of halogens is 1. The molecule has 2 aromatic carbocycles. The third kappa shape index (κ3) is 3.35. The fourth-order valence-corrected chi connectivity index (χ4v) is 2.88. The van der Waals surface area contributed by atoms with Crippen LogP contribution in [0.25, 0.3) is 16.7 Å². The number of carbonyl (C=O) groups is 1. The highest BCUT2D eigenvalue weighted by Gasteiger charge is 2.19. The number of aliphatic hydroxyl groups excluding tert-OH is 1. The van der Waals surface area contributed by atoms with E-state index in [9.17, 15) is 14.3 Å². The average molecular weight is 363 g/mol. The van der Waals surface area contributed by atoms with Crippen molar-refractivity contribution in [1.29, 1.82) is 0 Å². The first-order chi connectivity index (χ1) is 13.1. The molecule has 0 amide bonds. The number of para-hydroxylation sites is 1. The van der Waals surface area contributed by atoms with Gasteiger partial charge in [0.25, 0.3) is 0 Å². The molecule has 0 atom stereocenters. The van der Waals surface area contributed by atoms with Crippen LogP contribution in [-0.4, -0.2) is 26.1 Å². The predicted molar refractivity (Wildman–Crippen MR) is 96.7 cm³/mol. The summed E-state index contributed by atoms with van der Waals surface area (Å²) in [7, 11) is 0. The van der Waals surface area contributed by atoms with Crippen LogP contribution >= 0.6 is 0 Å². The van der Waals surface area contributed by atoms with Crippen LogP contribution in [0.2, 0.25) is 0 Å². The minimum atomic E-state index is -0.511.